The smallest absolute Gasteiger partial charge is 0.271 e. The summed E-state index contributed by atoms with van der Waals surface area (Å²) >= 11 is 0. The van der Waals surface area contributed by atoms with Gasteiger partial charge in [-0.05, 0) is 30.3 Å². The second kappa shape index (κ2) is 6.52. The number of benzene rings is 1. The van der Waals surface area contributed by atoms with E-state index in [1.54, 1.807) is 18.5 Å². The van der Waals surface area contributed by atoms with Gasteiger partial charge in [0.15, 0.2) is 5.76 Å². The fraction of sp³-hybridized carbons (Fsp3) is 0.0526. The van der Waals surface area contributed by atoms with Gasteiger partial charge in [-0.2, -0.15) is 0 Å². The number of fused-ring (bicyclic) bond motifs is 1. The van der Waals surface area contributed by atoms with Gasteiger partial charge in [0, 0.05) is 18.3 Å². The lowest BCUT2D eigenvalue weighted by Gasteiger charge is -2.08. The summed E-state index contributed by atoms with van der Waals surface area (Å²) in [5.74, 6) is 0.378. The molecule has 0 spiro atoms. The zero-order valence-corrected chi connectivity index (χ0v) is 13.2. The number of aromatic nitrogens is 3. The summed E-state index contributed by atoms with van der Waals surface area (Å²) in [4.78, 5) is 25.4. The average molecular weight is 330 g/mol. The number of carbonyl (C=O) groups excluding carboxylic acids is 1. The number of rotatable bonds is 4. The lowest BCUT2D eigenvalue weighted by molar-refractivity contribution is 0.0946. The Kier molecular flexibility index (Phi) is 3.92. The van der Waals surface area contributed by atoms with Gasteiger partial charge < -0.3 is 9.73 Å². The van der Waals surface area contributed by atoms with Crippen LogP contribution in [-0.4, -0.2) is 20.9 Å². The monoisotopic (exact) mass is 330 g/mol. The maximum Gasteiger partial charge on any atom is 0.271 e. The van der Waals surface area contributed by atoms with E-state index in [0.717, 1.165) is 11.1 Å². The number of hydrogen-bond donors (Lipinski definition) is 1. The molecule has 0 fully saturated rings. The summed E-state index contributed by atoms with van der Waals surface area (Å²) in [5, 5.41) is 2.86. The van der Waals surface area contributed by atoms with Gasteiger partial charge in [-0.3, -0.25) is 14.8 Å². The molecular formula is C19H14N4O2. The first kappa shape index (κ1) is 15.0. The van der Waals surface area contributed by atoms with Gasteiger partial charge in [-0.25, -0.2) is 4.98 Å². The van der Waals surface area contributed by atoms with E-state index >= 15 is 0 Å². The SMILES string of the molecule is O=C(NCc1cccnc1-c1ccco1)c1cnc2ccccc2n1. The van der Waals surface area contributed by atoms with Crippen molar-refractivity contribution in [3.8, 4) is 11.5 Å². The van der Waals surface area contributed by atoms with E-state index in [1.165, 1.54) is 6.20 Å². The van der Waals surface area contributed by atoms with E-state index in [9.17, 15) is 4.79 Å². The Hall–Kier alpha value is -3.54. The maximum absolute atomic E-state index is 12.4. The summed E-state index contributed by atoms with van der Waals surface area (Å²) in [7, 11) is 0. The van der Waals surface area contributed by atoms with Crippen molar-refractivity contribution in [2.24, 2.45) is 0 Å². The lowest BCUT2D eigenvalue weighted by atomic mass is 10.1. The topological polar surface area (TPSA) is 80.9 Å². The van der Waals surface area contributed by atoms with Crippen LogP contribution < -0.4 is 5.32 Å². The fourth-order valence-corrected chi connectivity index (χ4v) is 2.55. The molecule has 4 rings (SSSR count). The summed E-state index contributed by atoms with van der Waals surface area (Å²) < 4.78 is 5.40. The minimum atomic E-state index is -0.285. The molecule has 6 heteroatoms. The lowest BCUT2D eigenvalue weighted by Crippen LogP contribution is -2.24. The molecule has 0 saturated heterocycles. The van der Waals surface area contributed by atoms with E-state index in [0.29, 0.717) is 23.5 Å². The van der Waals surface area contributed by atoms with Crippen LogP contribution in [0.2, 0.25) is 0 Å². The highest BCUT2D eigenvalue weighted by atomic mass is 16.3. The van der Waals surface area contributed by atoms with Crippen molar-refractivity contribution in [1.29, 1.82) is 0 Å². The van der Waals surface area contributed by atoms with Gasteiger partial charge in [0.05, 0.1) is 23.5 Å². The summed E-state index contributed by atoms with van der Waals surface area (Å²) in [6.45, 7) is 0.317. The Morgan fingerprint density at radius 3 is 2.72 bits per heavy atom. The third-order valence-corrected chi connectivity index (χ3v) is 3.77. The molecule has 4 aromatic rings. The highest BCUT2D eigenvalue weighted by Gasteiger charge is 2.12. The summed E-state index contributed by atoms with van der Waals surface area (Å²) in [6.07, 6.45) is 4.77. The van der Waals surface area contributed by atoms with Crippen LogP contribution >= 0.6 is 0 Å². The summed E-state index contributed by atoms with van der Waals surface area (Å²) in [5.41, 5.74) is 3.29. The van der Waals surface area contributed by atoms with Crippen LogP contribution in [0, 0.1) is 0 Å². The fourth-order valence-electron chi connectivity index (χ4n) is 2.55. The van der Waals surface area contributed by atoms with E-state index in [4.69, 9.17) is 4.42 Å². The van der Waals surface area contributed by atoms with Gasteiger partial charge in [-0.15, -0.1) is 0 Å². The molecule has 0 saturated carbocycles. The Balaban J connectivity index is 1.54. The highest BCUT2D eigenvalue weighted by Crippen LogP contribution is 2.21. The number of carbonyl (C=O) groups is 1. The van der Waals surface area contributed by atoms with Crippen molar-refractivity contribution in [1.82, 2.24) is 20.3 Å². The number of amides is 1. The summed E-state index contributed by atoms with van der Waals surface area (Å²) in [6, 6.07) is 14.8. The van der Waals surface area contributed by atoms with E-state index in [-0.39, 0.29) is 11.6 Å². The average Bonchev–Trinajstić information content (AvgIpc) is 3.20. The number of furan rings is 1. The molecule has 0 aliphatic carbocycles. The number of pyridine rings is 1. The second-order valence-electron chi connectivity index (χ2n) is 5.42. The number of para-hydroxylation sites is 2. The Bertz CT molecular complexity index is 1030. The molecule has 0 bridgehead atoms. The van der Waals surface area contributed by atoms with E-state index < -0.39 is 0 Å². The predicted molar refractivity (Wildman–Crippen MR) is 92.6 cm³/mol. The molecule has 25 heavy (non-hydrogen) atoms. The standard InChI is InChI=1S/C19H14N4O2/c24-19(16-12-21-14-6-1-2-7-15(14)23-16)22-11-13-5-3-9-20-18(13)17-8-4-10-25-17/h1-10,12H,11H2,(H,22,24). The van der Waals surface area contributed by atoms with Gasteiger partial charge >= 0.3 is 0 Å². The first-order valence-electron chi connectivity index (χ1n) is 7.79. The third kappa shape index (κ3) is 3.10. The first-order valence-corrected chi connectivity index (χ1v) is 7.79. The first-order chi connectivity index (χ1) is 12.3. The third-order valence-electron chi connectivity index (χ3n) is 3.77. The Morgan fingerprint density at radius 2 is 1.88 bits per heavy atom. The van der Waals surface area contributed by atoms with Crippen molar-refractivity contribution < 1.29 is 9.21 Å². The van der Waals surface area contributed by atoms with Crippen LogP contribution in [0.3, 0.4) is 0 Å². The number of hydrogen-bond acceptors (Lipinski definition) is 5. The van der Waals surface area contributed by atoms with Gasteiger partial charge in [0.1, 0.15) is 11.4 Å². The molecule has 3 heterocycles. The van der Waals surface area contributed by atoms with Crippen LogP contribution in [-0.2, 0) is 6.54 Å². The van der Waals surface area contributed by atoms with Crippen LogP contribution in [0.4, 0.5) is 0 Å². The molecular weight excluding hydrogens is 316 g/mol. The van der Waals surface area contributed by atoms with E-state index in [2.05, 4.69) is 20.3 Å². The van der Waals surface area contributed by atoms with Crippen molar-refractivity contribution >= 4 is 16.9 Å². The molecule has 6 nitrogen and oxygen atoms in total. The van der Waals surface area contributed by atoms with Crippen molar-refractivity contribution in [2.45, 2.75) is 6.54 Å². The molecule has 1 N–H and O–H groups in total. The van der Waals surface area contributed by atoms with Crippen LogP contribution in [0.25, 0.3) is 22.5 Å². The van der Waals surface area contributed by atoms with Gasteiger partial charge in [0.25, 0.3) is 5.91 Å². The van der Waals surface area contributed by atoms with Gasteiger partial charge in [-0.1, -0.05) is 18.2 Å². The molecule has 0 radical (unpaired) electrons. The van der Waals surface area contributed by atoms with Crippen molar-refractivity contribution in [3.05, 3.63) is 78.4 Å². The zero-order valence-electron chi connectivity index (χ0n) is 13.2. The molecule has 3 aromatic heterocycles. The Labute approximate surface area is 143 Å². The normalized spacial score (nSPS) is 10.7. The molecule has 0 atom stereocenters. The predicted octanol–water partition coefficient (Wildman–Crippen LogP) is 3.21. The number of nitrogens with zero attached hydrogens (tertiary/aromatic N) is 3. The van der Waals surface area contributed by atoms with Gasteiger partial charge in [0.2, 0.25) is 0 Å². The molecule has 122 valence electrons. The van der Waals surface area contributed by atoms with Crippen LogP contribution in [0.5, 0.6) is 0 Å². The molecule has 1 aromatic carbocycles. The maximum atomic E-state index is 12.4. The quantitative estimate of drug-likeness (QED) is 0.621. The molecule has 0 aliphatic rings. The van der Waals surface area contributed by atoms with Crippen LogP contribution in [0.15, 0.2) is 71.6 Å². The van der Waals surface area contributed by atoms with Crippen LogP contribution in [0.1, 0.15) is 16.1 Å². The minimum absolute atomic E-state index is 0.280. The van der Waals surface area contributed by atoms with E-state index in [1.807, 2.05) is 42.5 Å². The van der Waals surface area contributed by atoms with Crippen molar-refractivity contribution in [3.63, 3.8) is 0 Å². The minimum Gasteiger partial charge on any atom is -0.463 e. The molecule has 0 aliphatic heterocycles. The van der Waals surface area contributed by atoms with Crippen molar-refractivity contribution in [2.75, 3.05) is 0 Å². The molecule has 0 unspecified atom stereocenters. The highest BCUT2D eigenvalue weighted by molar-refractivity contribution is 5.93. The number of nitrogens with one attached hydrogen (secondary N) is 1. The Morgan fingerprint density at radius 1 is 1.00 bits per heavy atom. The molecule has 1 amide bonds. The second-order valence-corrected chi connectivity index (χ2v) is 5.42. The zero-order chi connectivity index (χ0) is 17.1. The largest absolute Gasteiger partial charge is 0.463 e.